The Bertz CT molecular complexity index is 670. The molecule has 92 valence electrons. The number of esters is 1. The second-order valence-corrected chi connectivity index (χ2v) is 3.91. The fourth-order valence-corrected chi connectivity index (χ4v) is 1.88. The number of fused-ring (bicyclic) bond motifs is 1. The molecular weight excluding hydrogens is 230 g/mol. The van der Waals surface area contributed by atoms with Gasteiger partial charge in [-0.2, -0.15) is 0 Å². The van der Waals surface area contributed by atoms with Crippen LogP contribution in [0.5, 0.6) is 5.75 Å². The average Bonchev–Trinajstić information content (AvgIpc) is 2.31. The van der Waals surface area contributed by atoms with E-state index in [2.05, 4.69) is 11.6 Å². The summed E-state index contributed by atoms with van der Waals surface area (Å²) < 4.78 is 5.16. The van der Waals surface area contributed by atoms with Crippen LogP contribution in [0.2, 0.25) is 0 Å². The Morgan fingerprint density at radius 1 is 1.39 bits per heavy atom. The minimum atomic E-state index is -0.371. The van der Waals surface area contributed by atoms with Crippen molar-refractivity contribution in [2.45, 2.75) is 13.3 Å². The lowest BCUT2D eigenvalue weighted by Crippen LogP contribution is -2.07. The summed E-state index contributed by atoms with van der Waals surface area (Å²) in [6, 6.07) is 6.58. The molecule has 1 heterocycles. The summed E-state index contributed by atoms with van der Waals surface area (Å²) in [6.45, 7) is 5.04. The number of allylic oxidation sites excluding steroid dienone is 1. The Morgan fingerprint density at radius 3 is 2.83 bits per heavy atom. The van der Waals surface area contributed by atoms with Crippen molar-refractivity contribution in [2.24, 2.45) is 0 Å². The molecule has 0 saturated heterocycles. The van der Waals surface area contributed by atoms with Crippen molar-refractivity contribution in [1.29, 1.82) is 0 Å². The Balaban J connectivity index is 2.69. The largest absolute Gasteiger partial charge is 0.426 e. The highest BCUT2D eigenvalue weighted by Crippen LogP contribution is 2.27. The average molecular weight is 243 g/mol. The van der Waals surface area contributed by atoms with Crippen LogP contribution in [0.15, 0.2) is 41.7 Å². The molecule has 2 aromatic rings. The van der Waals surface area contributed by atoms with E-state index in [4.69, 9.17) is 4.74 Å². The lowest BCUT2D eigenvalue weighted by atomic mass is 10.0. The zero-order chi connectivity index (χ0) is 13.1. The second-order valence-electron chi connectivity index (χ2n) is 3.91. The molecule has 1 N–H and O–H groups in total. The Morgan fingerprint density at radius 2 is 2.17 bits per heavy atom. The monoisotopic (exact) mass is 243 g/mol. The number of nitrogens with one attached hydrogen (secondary N) is 1. The van der Waals surface area contributed by atoms with Crippen LogP contribution in [0.3, 0.4) is 0 Å². The first-order valence-electron chi connectivity index (χ1n) is 5.56. The molecule has 0 spiro atoms. The number of carbonyl (C=O) groups is 1. The van der Waals surface area contributed by atoms with E-state index >= 15 is 0 Å². The molecule has 0 radical (unpaired) electrons. The minimum Gasteiger partial charge on any atom is -0.426 e. The van der Waals surface area contributed by atoms with Gasteiger partial charge in [0.15, 0.2) is 0 Å². The van der Waals surface area contributed by atoms with Crippen LogP contribution < -0.4 is 10.3 Å². The second kappa shape index (κ2) is 4.87. The normalized spacial score (nSPS) is 10.3. The molecule has 0 aliphatic heterocycles. The summed E-state index contributed by atoms with van der Waals surface area (Å²) >= 11 is 0. The molecule has 0 atom stereocenters. The van der Waals surface area contributed by atoms with Gasteiger partial charge >= 0.3 is 5.97 Å². The maximum Gasteiger partial charge on any atom is 0.308 e. The van der Waals surface area contributed by atoms with Gasteiger partial charge in [-0.1, -0.05) is 6.08 Å². The summed E-state index contributed by atoms with van der Waals surface area (Å²) in [6.07, 6.45) is 2.29. The Hall–Kier alpha value is -2.36. The lowest BCUT2D eigenvalue weighted by Gasteiger charge is -2.10. The van der Waals surface area contributed by atoms with Crippen LogP contribution in [0.4, 0.5) is 0 Å². The van der Waals surface area contributed by atoms with E-state index in [-0.39, 0.29) is 11.5 Å². The smallest absolute Gasteiger partial charge is 0.308 e. The number of aromatic nitrogens is 1. The van der Waals surface area contributed by atoms with E-state index in [1.165, 1.54) is 13.0 Å². The van der Waals surface area contributed by atoms with Gasteiger partial charge in [0.2, 0.25) is 5.56 Å². The molecule has 2 rings (SSSR count). The molecule has 4 nitrogen and oxygen atoms in total. The molecular formula is C14H13NO3. The number of hydrogen-bond acceptors (Lipinski definition) is 3. The number of pyridine rings is 1. The summed E-state index contributed by atoms with van der Waals surface area (Å²) in [4.78, 5) is 25.0. The predicted molar refractivity (Wildman–Crippen MR) is 69.8 cm³/mol. The van der Waals surface area contributed by atoms with Gasteiger partial charge in [-0.15, -0.1) is 6.58 Å². The standard InChI is InChI=1S/C14H13NO3/c1-3-4-11-10-5-8-14(17)15-12(10)6-7-13(11)18-9(2)16/h3,5-8H,1,4H2,2H3,(H,15,17). The molecule has 1 aromatic carbocycles. The molecule has 0 saturated carbocycles. The van der Waals surface area contributed by atoms with Gasteiger partial charge < -0.3 is 9.72 Å². The quantitative estimate of drug-likeness (QED) is 0.510. The fourth-order valence-electron chi connectivity index (χ4n) is 1.88. The molecule has 0 unspecified atom stereocenters. The van der Waals surface area contributed by atoms with E-state index in [0.29, 0.717) is 12.2 Å². The molecule has 0 aliphatic carbocycles. The zero-order valence-electron chi connectivity index (χ0n) is 10.0. The van der Waals surface area contributed by atoms with E-state index < -0.39 is 0 Å². The Kier molecular flexibility index (Phi) is 3.28. The van der Waals surface area contributed by atoms with Crippen molar-refractivity contribution in [2.75, 3.05) is 0 Å². The third-order valence-electron chi connectivity index (χ3n) is 2.58. The number of aromatic amines is 1. The fraction of sp³-hybridized carbons (Fsp3) is 0.143. The summed E-state index contributed by atoms with van der Waals surface area (Å²) in [7, 11) is 0. The first-order valence-corrected chi connectivity index (χ1v) is 5.56. The van der Waals surface area contributed by atoms with Gasteiger partial charge in [-0.25, -0.2) is 0 Å². The predicted octanol–water partition coefficient (Wildman–Crippen LogP) is 2.18. The van der Waals surface area contributed by atoms with Gasteiger partial charge in [0.25, 0.3) is 0 Å². The molecule has 0 amide bonds. The topological polar surface area (TPSA) is 59.2 Å². The van der Waals surface area contributed by atoms with Crippen molar-refractivity contribution < 1.29 is 9.53 Å². The maximum absolute atomic E-state index is 11.3. The van der Waals surface area contributed by atoms with Crippen LogP contribution in [-0.4, -0.2) is 11.0 Å². The van der Waals surface area contributed by atoms with Crippen molar-refractivity contribution in [3.63, 3.8) is 0 Å². The van der Waals surface area contributed by atoms with Gasteiger partial charge in [0.05, 0.1) is 0 Å². The van der Waals surface area contributed by atoms with Crippen LogP contribution in [0.1, 0.15) is 12.5 Å². The molecule has 0 fully saturated rings. The van der Waals surface area contributed by atoms with Gasteiger partial charge in [-0.05, 0) is 24.6 Å². The van der Waals surface area contributed by atoms with Crippen molar-refractivity contribution in [3.8, 4) is 5.75 Å². The number of hydrogen-bond donors (Lipinski definition) is 1. The number of benzene rings is 1. The highest BCUT2D eigenvalue weighted by atomic mass is 16.5. The summed E-state index contributed by atoms with van der Waals surface area (Å²) in [5.41, 5.74) is 1.40. The third kappa shape index (κ3) is 2.32. The molecule has 18 heavy (non-hydrogen) atoms. The molecule has 0 aliphatic rings. The lowest BCUT2D eigenvalue weighted by molar-refractivity contribution is -0.131. The summed E-state index contributed by atoms with van der Waals surface area (Å²) in [5, 5.41) is 0.855. The Labute approximate surface area is 104 Å². The number of carbonyl (C=O) groups excluding carboxylic acids is 1. The molecule has 1 aromatic heterocycles. The van der Waals surface area contributed by atoms with Gasteiger partial charge in [0, 0.05) is 29.5 Å². The van der Waals surface area contributed by atoms with Crippen molar-refractivity contribution >= 4 is 16.9 Å². The van der Waals surface area contributed by atoms with E-state index in [9.17, 15) is 9.59 Å². The summed E-state index contributed by atoms with van der Waals surface area (Å²) in [5.74, 6) is 0.131. The third-order valence-corrected chi connectivity index (χ3v) is 2.58. The zero-order valence-corrected chi connectivity index (χ0v) is 10.0. The number of ether oxygens (including phenoxy) is 1. The van der Waals surface area contributed by atoms with Crippen molar-refractivity contribution in [1.82, 2.24) is 4.98 Å². The first-order chi connectivity index (χ1) is 8.61. The minimum absolute atomic E-state index is 0.160. The van der Waals surface area contributed by atoms with Gasteiger partial charge in [-0.3, -0.25) is 9.59 Å². The van der Waals surface area contributed by atoms with Crippen molar-refractivity contribution in [3.05, 3.63) is 52.8 Å². The van der Waals surface area contributed by atoms with E-state index in [0.717, 1.165) is 16.5 Å². The highest BCUT2D eigenvalue weighted by molar-refractivity contribution is 5.85. The number of H-pyrrole nitrogens is 1. The molecule has 4 heteroatoms. The number of rotatable bonds is 3. The van der Waals surface area contributed by atoms with Crippen LogP contribution in [0.25, 0.3) is 10.9 Å². The first kappa shape index (κ1) is 12.1. The maximum atomic E-state index is 11.3. The molecule has 0 bridgehead atoms. The van der Waals surface area contributed by atoms with Crippen LogP contribution >= 0.6 is 0 Å². The van der Waals surface area contributed by atoms with Crippen LogP contribution in [-0.2, 0) is 11.2 Å². The van der Waals surface area contributed by atoms with Crippen LogP contribution in [0, 0.1) is 0 Å². The van der Waals surface area contributed by atoms with Gasteiger partial charge in [0.1, 0.15) is 5.75 Å². The highest BCUT2D eigenvalue weighted by Gasteiger charge is 2.09. The van der Waals surface area contributed by atoms with E-state index in [1.807, 2.05) is 0 Å². The van der Waals surface area contributed by atoms with E-state index in [1.54, 1.807) is 24.3 Å². The SMILES string of the molecule is C=CCc1c(OC(C)=O)ccc2[nH]c(=O)ccc12.